The Kier molecular flexibility index (Phi) is 3.70. The summed E-state index contributed by atoms with van der Waals surface area (Å²) in [5.74, 6) is -0.492. The van der Waals surface area contributed by atoms with E-state index in [1.807, 2.05) is 0 Å². The molecule has 0 saturated heterocycles. The van der Waals surface area contributed by atoms with E-state index in [2.05, 4.69) is 15.5 Å². The third-order valence-corrected chi connectivity index (χ3v) is 5.04. The Morgan fingerprint density at radius 2 is 2.06 bits per heavy atom. The topological polar surface area (TPSA) is 118 Å². The highest BCUT2D eigenvalue weighted by molar-refractivity contribution is 7.92. The van der Waals surface area contributed by atoms with Gasteiger partial charge >= 0.3 is 0 Å². The van der Waals surface area contributed by atoms with E-state index >= 15 is 0 Å². The average molecular weight is 274 g/mol. The van der Waals surface area contributed by atoms with Gasteiger partial charge < -0.3 is 11.1 Å². The second-order valence-electron chi connectivity index (χ2n) is 4.83. The van der Waals surface area contributed by atoms with Crippen LogP contribution in [0.1, 0.15) is 30.0 Å². The number of nitrogen functional groups attached to an aromatic ring is 1. The molecule has 0 spiro atoms. The molecule has 0 saturated carbocycles. The monoisotopic (exact) mass is 274 g/mol. The van der Waals surface area contributed by atoms with Gasteiger partial charge in [0.05, 0.1) is 16.1 Å². The van der Waals surface area contributed by atoms with Crippen LogP contribution in [-0.2, 0) is 9.84 Å². The number of hydrogen-bond donors (Lipinski definition) is 3. The molecule has 0 aromatic carbocycles. The van der Waals surface area contributed by atoms with E-state index in [4.69, 9.17) is 5.73 Å². The highest BCUT2D eigenvalue weighted by Gasteiger charge is 2.31. The van der Waals surface area contributed by atoms with Crippen LogP contribution in [0.4, 0.5) is 5.69 Å². The number of hydrogen-bond acceptors (Lipinski definition) is 5. The molecule has 1 amide bonds. The van der Waals surface area contributed by atoms with Gasteiger partial charge in [0, 0.05) is 12.8 Å². The van der Waals surface area contributed by atoms with Crippen molar-refractivity contribution >= 4 is 21.4 Å². The van der Waals surface area contributed by atoms with Gasteiger partial charge in [0.15, 0.2) is 15.5 Å². The van der Waals surface area contributed by atoms with Gasteiger partial charge in [-0.25, -0.2) is 8.42 Å². The average Bonchev–Trinajstić information content (AvgIpc) is 2.55. The lowest BCUT2D eigenvalue weighted by Gasteiger charge is -2.22. The molecule has 0 aliphatic carbocycles. The van der Waals surface area contributed by atoms with Crippen molar-refractivity contribution < 1.29 is 13.2 Å². The first-order chi connectivity index (χ1) is 8.06. The summed E-state index contributed by atoms with van der Waals surface area (Å²) in [5.41, 5.74) is 6.60. The zero-order chi connectivity index (χ0) is 14.1. The Morgan fingerprint density at radius 1 is 1.50 bits per heavy atom. The van der Waals surface area contributed by atoms with Crippen molar-refractivity contribution in [2.75, 3.05) is 18.5 Å². The molecule has 1 aromatic rings. The largest absolute Gasteiger partial charge is 0.395 e. The normalized spacial score (nSPS) is 12.4. The van der Waals surface area contributed by atoms with Crippen LogP contribution in [0.5, 0.6) is 0 Å². The molecule has 7 nitrogen and oxygen atoms in total. The molecule has 0 aliphatic rings. The molecule has 0 bridgehead atoms. The quantitative estimate of drug-likeness (QED) is 0.706. The summed E-state index contributed by atoms with van der Waals surface area (Å²) in [6, 6.07) is 0. The van der Waals surface area contributed by atoms with Gasteiger partial charge in [0.2, 0.25) is 0 Å². The van der Waals surface area contributed by atoms with E-state index in [9.17, 15) is 13.2 Å². The number of aryl methyl sites for hydroxylation is 1. The van der Waals surface area contributed by atoms with Gasteiger partial charge in [-0.15, -0.1) is 0 Å². The summed E-state index contributed by atoms with van der Waals surface area (Å²) in [7, 11) is -3.26. The van der Waals surface area contributed by atoms with Crippen molar-refractivity contribution in [3.05, 3.63) is 11.4 Å². The Hall–Kier alpha value is -1.57. The molecule has 8 heteroatoms. The first-order valence-electron chi connectivity index (χ1n) is 5.34. The van der Waals surface area contributed by atoms with E-state index in [1.165, 1.54) is 0 Å². The van der Waals surface area contributed by atoms with Crippen LogP contribution in [0.2, 0.25) is 0 Å². The Labute approximate surface area is 106 Å². The molecule has 18 heavy (non-hydrogen) atoms. The molecule has 0 atom stereocenters. The van der Waals surface area contributed by atoms with E-state index in [0.29, 0.717) is 5.69 Å². The third-order valence-electron chi connectivity index (χ3n) is 2.89. The number of sulfone groups is 1. The summed E-state index contributed by atoms with van der Waals surface area (Å²) in [6.45, 7) is 4.78. The number of rotatable bonds is 4. The Bertz CT molecular complexity index is 560. The molecule has 0 aliphatic heterocycles. The minimum Gasteiger partial charge on any atom is -0.395 e. The first kappa shape index (κ1) is 14.5. The van der Waals surface area contributed by atoms with Crippen molar-refractivity contribution in [1.82, 2.24) is 15.5 Å². The number of anilines is 1. The van der Waals surface area contributed by atoms with E-state index in [0.717, 1.165) is 6.26 Å². The number of carbonyl (C=O) groups excluding carboxylic acids is 1. The van der Waals surface area contributed by atoms with E-state index in [1.54, 1.807) is 20.8 Å². The van der Waals surface area contributed by atoms with E-state index in [-0.39, 0.29) is 17.9 Å². The highest BCUT2D eigenvalue weighted by Crippen LogP contribution is 2.15. The predicted molar refractivity (Wildman–Crippen MR) is 69.0 cm³/mol. The molecular weight excluding hydrogens is 256 g/mol. The van der Waals surface area contributed by atoms with Crippen LogP contribution >= 0.6 is 0 Å². The van der Waals surface area contributed by atoms with Crippen molar-refractivity contribution in [3.63, 3.8) is 0 Å². The number of nitrogens with one attached hydrogen (secondary N) is 2. The summed E-state index contributed by atoms with van der Waals surface area (Å²) in [5, 5.41) is 8.88. The first-order valence-corrected chi connectivity index (χ1v) is 7.23. The second kappa shape index (κ2) is 4.60. The van der Waals surface area contributed by atoms with Crippen molar-refractivity contribution in [2.24, 2.45) is 0 Å². The molecule has 4 N–H and O–H groups in total. The van der Waals surface area contributed by atoms with Gasteiger partial charge in [-0.1, -0.05) is 0 Å². The lowest BCUT2D eigenvalue weighted by atomic mass is 10.2. The number of H-pyrrole nitrogens is 1. The van der Waals surface area contributed by atoms with Crippen LogP contribution in [0.3, 0.4) is 0 Å². The zero-order valence-electron chi connectivity index (χ0n) is 10.9. The number of amides is 1. The van der Waals surface area contributed by atoms with Crippen molar-refractivity contribution in [2.45, 2.75) is 25.5 Å². The van der Waals surface area contributed by atoms with Crippen molar-refractivity contribution in [3.8, 4) is 0 Å². The van der Waals surface area contributed by atoms with Crippen LogP contribution in [0.25, 0.3) is 0 Å². The maximum absolute atomic E-state index is 11.8. The Balaban J connectivity index is 2.77. The van der Waals surface area contributed by atoms with Crippen molar-refractivity contribution in [1.29, 1.82) is 0 Å². The smallest absolute Gasteiger partial charge is 0.273 e. The van der Waals surface area contributed by atoms with Crippen LogP contribution < -0.4 is 11.1 Å². The number of nitrogens with two attached hydrogens (primary N) is 1. The highest BCUT2D eigenvalue weighted by atomic mass is 32.2. The molecule has 1 heterocycles. The fourth-order valence-corrected chi connectivity index (χ4v) is 1.45. The molecule has 102 valence electrons. The predicted octanol–water partition coefficient (Wildman–Crippen LogP) is -0.147. The molecule has 0 fully saturated rings. The maximum Gasteiger partial charge on any atom is 0.273 e. The van der Waals surface area contributed by atoms with E-state index < -0.39 is 20.5 Å². The molecule has 1 aromatic heterocycles. The standard InChI is InChI=1S/C10H18N4O3S/c1-6-7(11)8(14-13-6)9(15)12-5-10(2,3)18(4,16)17/h5,11H2,1-4H3,(H,12,15)(H,13,14). The second-order valence-corrected chi connectivity index (χ2v) is 7.47. The summed E-state index contributed by atoms with van der Waals surface area (Å²) in [4.78, 5) is 11.8. The fourth-order valence-electron chi connectivity index (χ4n) is 1.12. The molecule has 1 rings (SSSR count). The van der Waals surface area contributed by atoms with Gasteiger partial charge in [-0.3, -0.25) is 9.89 Å². The number of nitrogens with zero attached hydrogens (tertiary/aromatic N) is 1. The lowest BCUT2D eigenvalue weighted by molar-refractivity contribution is 0.0946. The number of carbonyl (C=O) groups is 1. The minimum atomic E-state index is -3.26. The molecular formula is C10H18N4O3S. The number of aromatic amines is 1. The number of aromatic nitrogens is 2. The zero-order valence-corrected chi connectivity index (χ0v) is 11.7. The van der Waals surface area contributed by atoms with Gasteiger partial charge in [0.25, 0.3) is 5.91 Å². The van der Waals surface area contributed by atoms with Gasteiger partial charge in [0.1, 0.15) is 0 Å². The van der Waals surface area contributed by atoms with Gasteiger partial charge in [-0.05, 0) is 20.8 Å². The van der Waals surface area contributed by atoms with Crippen LogP contribution in [-0.4, -0.2) is 42.1 Å². The summed E-state index contributed by atoms with van der Waals surface area (Å²) < 4.78 is 21.9. The lowest BCUT2D eigenvalue weighted by Crippen LogP contribution is -2.44. The Morgan fingerprint density at radius 3 is 2.44 bits per heavy atom. The molecule has 0 radical (unpaired) electrons. The van der Waals surface area contributed by atoms with Crippen LogP contribution in [0, 0.1) is 6.92 Å². The summed E-state index contributed by atoms with van der Waals surface area (Å²) in [6.07, 6.45) is 1.13. The maximum atomic E-state index is 11.8. The summed E-state index contributed by atoms with van der Waals surface area (Å²) >= 11 is 0. The third kappa shape index (κ3) is 2.81. The molecule has 0 unspecified atom stereocenters. The SMILES string of the molecule is Cc1[nH]nc(C(=O)NCC(C)(C)S(C)(=O)=O)c1N. The minimum absolute atomic E-state index is 0.00395. The van der Waals surface area contributed by atoms with Crippen LogP contribution in [0.15, 0.2) is 0 Å². The van der Waals surface area contributed by atoms with Gasteiger partial charge in [-0.2, -0.15) is 5.10 Å². The fraction of sp³-hybridized carbons (Fsp3) is 0.600.